The number of nitrogens with one attached hydrogen (secondary N) is 2. The summed E-state index contributed by atoms with van der Waals surface area (Å²) in [4.78, 5) is 3.69. The van der Waals surface area contributed by atoms with Crippen LogP contribution in [0.4, 0.5) is 0 Å². The summed E-state index contributed by atoms with van der Waals surface area (Å²) in [5.74, 6) is 0. The Hall–Kier alpha value is -2.06. The molecule has 3 aromatic rings. The summed E-state index contributed by atoms with van der Waals surface area (Å²) in [5.41, 5.74) is 7.05. The largest absolute Gasteiger partial charge is 0.357 e. The third kappa shape index (κ3) is 3.11. The van der Waals surface area contributed by atoms with Crippen LogP contribution in [0.2, 0.25) is 0 Å². The van der Waals surface area contributed by atoms with E-state index in [0.29, 0.717) is 6.04 Å². The van der Waals surface area contributed by atoms with E-state index in [1.54, 1.807) is 5.56 Å². The normalized spacial score (nSPS) is 17.1. The number of H-pyrrole nitrogens is 1. The first-order valence-corrected chi connectivity index (χ1v) is 9.19. The highest BCUT2D eigenvalue weighted by Crippen LogP contribution is 2.35. The van der Waals surface area contributed by atoms with Crippen molar-refractivity contribution in [3.8, 4) is 0 Å². The highest BCUT2D eigenvalue weighted by molar-refractivity contribution is 5.85. The number of rotatable bonds is 5. The first-order valence-electron chi connectivity index (χ1n) is 9.19. The molecular weight excluding hydrogens is 292 g/mol. The second kappa shape index (κ2) is 6.82. The van der Waals surface area contributed by atoms with Gasteiger partial charge < -0.3 is 10.3 Å². The van der Waals surface area contributed by atoms with E-state index in [9.17, 15) is 0 Å². The third-order valence-electron chi connectivity index (χ3n) is 5.24. The van der Waals surface area contributed by atoms with Gasteiger partial charge in [-0.05, 0) is 68.8 Å². The number of aromatic amines is 1. The van der Waals surface area contributed by atoms with Crippen molar-refractivity contribution < 1.29 is 0 Å². The van der Waals surface area contributed by atoms with E-state index in [1.807, 2.05) is 0 Å². The summed E-state index contributed by atoms with van der Waals surface area (Å²) in [7, 11) is 0. The van der Waals surface area contributed by atoms with E-state index in [-0.39, 0.29) is 0 Å². The molecule has 1 aromatic heterocycles. The minimum atomic E-state index is 0.484. The van der Waals surface area contributed by atoms with Gasteiger partial charge in [0, 0.05) is 22.6 Å². The second-order valence-corrected chi connectivity index (χ2v) is 7.05. The van der Waals surface area contributed by atoms with Crippen molar-refractivity contribution in [2.45, 2.75) is 45.1 Å². The summed E-state index contributed by atoms with van der Waals surface area (Å²) in [6.45, 7) is 3.26. The molecule has 1 heterocycles. The van der Waals surface area contributed by atoms with E-state index in [0.717, 1.165) is 13.0 Å². The number of hydrogen-bond acceptors (Lipinski definition) is 1. The molecule has 1 aliphatic carbocycles. The lowest BCUT2D eigenvalue weighted by atomic mass is 9.91. The van der Waals surface area contributed by atoms with E-state index < -0.39 is 0 Å². The Labute approximate surface area is 144 Å². The zero-order valence-corrected chi connectivity index (χ0v) is 14.4. The molecule has 124 valence electrons. The summed E-state index contributed by atoms with van der Waals surface area (Å²) in [6, 6.07) is 18.0. The number of hydrogen-bond donors (Lipinski definition) is 2. The molecule has 0 aliphatic heterocycles. The predicted molar refractivity (Wildman–Crippen MR) is 101 cm³/mol. The number of aromatic nitrogens is 1. The molecule has 0 saturated heterocycles. The van der Waals surface area contributed by atoms with Gasteiger partial charge in [-0.15, -0.1) is 0 Å². The van der Waals surface area contributed by atoms with Crippen molar-refractivity contribution >= 4 is 10.9 Å². The van der Waals surface area contributed by atoms with Gasteiger partial charge in [-0.2, -0.15) is 0 Å². The average molecular weight is 318 g/mol. The van der Waals surface area contributed by atoms with Gasteiger partial charge in [0.1, 0.15) is 0 Å². The molecule has 0 bridgehead atoms. The fourth-order valence-corrected chi connectivity index (χ4v) is 3.99. The maximum Gasteiger partial charge on any atom is 0.0476 e. The monoisotopic (exact) mass is 318 g/mol. The molecule has 0 amide bonds. The molecular formula is C22H26N2. The second-order valence-electron chi connectivity index (χ2n) is 7.05. The Kier molecular flexibility index (Phi) is 4.40. The van der Waals surface area contributed by atoms with Crippen molar-refractivity contribution in [3.63, 3.8) is 0 Å². The van der Waals surface area contributed by atoms with Crippen molar-refractivity contribution in [2.75, 3.05) is 6.54 Å². The molecule has 4 rings (SSSR count). The summed E-state index contributed by atoms with van der Waals surface area (Å²) in [6.07, 6.45) is 6.07. The zero-order chi connectivity index (χ0) is 16.4. The van der Waals surface area contributed by atoms with Crippen LogP contribution < -0.4 is 5.32 Å². The van der Waals surface area contributed by atoms with Crippen molar-refractivity contribution in [3.05, 3.63) is 70.9 Å². The number of benzene rings is 2. The lowest BCUT2D eigenvalue weighted by Gasteiger charge is -2.24. The van der Waals surface area contributed by atoms with Crippen LogP contribution in [0.15, 0.2) is 48.5 Å². The molecule has 0 radical (unpaired) electrons. The average Bonchev–Trinajstić information content (AvgIpc) is 2.98. The fourth-order valence-electron chi connectivity index (χ4n) is 3.99. The Morgan fingerprint density at radius 2 is 2.00 bits per heavy atom. The van der Waals surface area contributed by atoms with Crippen molar-refractivity contribution in [1.29, 1.82) is 0 Å². The van der Waals surface area contributed by atoms with Gasteiger partial charge in [0.05, 0.1) is 0 Å². The summed E-state index contributed by atoms with van der Waals surface area (Å²) < 4.78 is 0. The topological polar surface area (TPSA) is 27.8 Å². The van der Waals surface area contributed by atoms with Crippen molar-refractivity contribution in [2.24, 2.45) is 0 Å². The van der Waals surface area contributed by atoms with Crippen LogP contribution in [-0.2, 0) is 12.8 Å². The summed E-state index contributed by atoms with van der Waals surface area (Å²) in [5, 5.41) is 5.22. The lowest BCUT2D eigenvalue weighted by Crippen LogP contribution is -2.26. The van der Waals surface area contributed by atoms with E-state index in [4.69, 9.17) is 0 Å². The minimum absolute atomic E-state index is 0.484. The number of fused-ring (bicyclic) bond motifs is 3. The predicted octanol–water partition coefficient (Wildman–Crippen LogP) is 5.08. The molecule has 0 spiro atoms. The van der Waals surface area contributed by atoms with Crippen LogP contribution in [0.5, 0.6) is 0 Å². The summed E-state index contributed by atoms with van der Waals surface area (Å²) >= 11 is 0. The van der Waals surface area contributed by atoms with Crippen molar-refractivity contribution in [1.82, 2.24) is 10.3 Å². The van der Waals surface area contributed by atoms with Crippen LogP contribution >= 0.6 is 0 Å². The molecule has 2 heteroatoms. The molecule has 2 aromatic carbocycles. The molecule has 1 unspecified atom stereocenters. The standard InChI is InChI=1S/C22H26N2/c1-16-12-13-20-19(15-16)18-10-5-11-21(22(18)24-20)23-14-6-9-17-7-3-2-4-8-17/h2-4,7-8,12-13,15,21,23-24H,5-6,9-11,14H2,1H3. The zero-order valence-electron chi connectivity index (χ0n) is 14.4. The highest BCUT2D eigenvalue weighted by Gasteiger charge is 2.23. The van der Waals surface area contributed by atoms with Crippen LogP contribution in [0, 0.1) is 6.92 Å². The molecule has 1 atom stereocenters. The maximum atomic E-state index is 3.79. The SMILES string of the molecule is Cc1ccc2[nH]c3c(c2c1)CCCC3NCCCc1ccccc1. The first kappa shape index (κ1) is 15.5. The van der Waals surface area contributed by atoms with Crippen LogP contribution in [-0.4, -0.2) is 11.5 Å². The van der Waals surface area contributed by atoms with Gasteiger partial charge >= 0.3 is 0 Å². The molecule has 2 nitrogen and oxygen atoms in total. The Balaban J connectivity index is 1.43. The maximum absolute atomic E-state index is 3.79. The smallest absolute Gasteiger partial charge is 0.0476 e. The Bertz CT molecular complexity index is 817. The van der Waals surface area contributed by atoms with E-state index in [1.165, 1.54) is 53.4 Å². The number of aryl methyl sites for hydroxylation is 3. The Morgan fingerprint density at radius 1 is 1.12 bits per heavy atom. The quantitative estimate of drug-likeness (QED) is 0.631. The van der Waals surface area contributed by atoms with Gasteiger partial charge in [0.2, 0.25) is 0 Å². The van der Waals surface area contributed by atoms with Gasteiger partial charge in [-0.1, -0.05) is 42.0 Å². The highest BCUT2D eigenvalue weighted by atomic mass is 14.9. The van der Waals surface area contributed by atoms with Gasteiger partial charge in [-0.25, -0.2) is 0 Å². The van der Waals surface area contributed by atoms with E-state index in [2.05, 4.69) is 65.8 Å². The van der Waals surface area contributed by atoms with Gasteiger partial charge in [-0.3, -0.25) is 0 Å². The van der Waals surface area contributed by atoms with E-state index >= 15 is 0 Å². The molecule has 2 N–H and O–H groups in total. The van der Waals surface area contributed by atoms with Crippen LogP contribution in [0.25, 0.3) is 10.9 Å². The lowest BCUT2D eigenvalue weighted by molar-refractivity contribution is 0.449. The van der Waals surface area contributed by atoms with Gasteiger partial charge in [0.15, 0.2) is 0 Å². The minimum Gasteiger partial charge on any atom is -0.357 e. The molecule has 0 fully saturated rings. The first-order chi connectivity index (χ1) is 11.8. The molecule has 1 aliphatic rings. The molecule has 24 heavy (non-hydrogen) atoms. The fraction of sp³-hybridized carbons (Fsp3) is 0.364. The van der Waals surface area contributed by atoms with Crippen LogP contribution in [0.1, 0.15) is 47.7 Å². The third-order valence-corrected chi connectivity index (χ3v) is 5.24. The van der Waals surface area contributed by atoms with Crippen LogP contribution in [0.3, 0.4) is 0 Å². The van der Waals surface area contributed by atoms with Gasteiger partial charge in [0.25, 0.3) is 0 Å². The molecule has 0 saturated carbocycles. The Morgan fingerprint density at radius 3 is 2.88 bits per heavy atom.